The summed E-state index contributed by atoms with van der Waals surface area (Å²) in [4.78, 5) is 38.2. The highest BCUT2D eigenvalue weighted by molar-refractivity contribution is 8.03. The Morgan fingerprint density at radius 1 is 1.11 bits per heavy atom. The molecule has 0 saturated carbocycles. The highest BCUT2D eigenvalue weighted by atomic mass is 35.5. The number of amides is 2. The number of hydrogen-bond donors (Lipinski definition) is 2. The number of anilines is 1. The zero-order valence-corrected chi connectivity index (χ0v) is 20.2. The smallest absolute Gasteiger partial charge is 0.319 e. The van der Waals surface area contributed by atoms with E-state index in [-0.39, 0.29) is 22.3 Å². The number of nitrogens with zero attached hydrogens (tertiary/aromatic N) is 1. The van der Waals surface area contributed by atoms with Crippen LogP contribution in [0, 0.1) is 17.2 Å². The van der Waals surface area contributed by atoms with Gasteiger partial charge in [0.05, 0.1) is 29.5 Å². The summed E-state index contributed by atoms with van der Waals surface area (Å²) in [5, 5.41) is 17.9. The zero-order valence-electron chi connectivity index (χ0n) is 18.6. The molecule has 4 rings (SSSR count). The third-order valence-corrected chi connectivity index (χ3v) is 7.00. The van der Waals surface area contributed by atoms with E-state index in [0.29, 0.717) is 16.3 Å². The average molecular weight is 506 g/mol. The number of nitrogens with one attached hydrogen (secondary N) is 2. The topological polar surface area (TPSA) is 108 Å². The van der Waals surface area contributed by atoms with E-state index in [2.05, 4.69) is 16.7 Å². The molecule has 1 aliphatic rings. The third kappa shape index (κ3) is 5.02. The van der Waals surface area contributed by atoms with Crippen LogP contribution in [0.15, 0.2) is 77.3 Å². The first-order valence-corrected chi connectivity index (χ1v) is 12.0. The van der Waals surface area contributed by atoms with Crippen molar-refractivity contribution in [2.75, 3.05) is 18.2 Å². The molecular formula is C26H20ClN3O4S. The lowest BCUT2D eigenvalue weighted by Gasteiger charge is -2.31. The Labute approximate surface area is 211 Å². The third-order valence-electron chi connectivity index (χ3n) is 5.64. The molecule has 0 spiro atoms. The summed E-state index contributed by atoms with van der Waals surface area (Å²) < 4.78 is 4.83. The highest BCUT2D eigenvalue weighted by Crippen LogP contribution is 2.42. The number of carbonyl (C=O) groups excluding carboxylic acids is 3. The molecule has 2 amide bonds. The van der Waals surface area contributed by atoms with Gasteiger partial charge in [0.25, 0.3) is 0 Å². The Morgan fingerprint density at radius 3 is 2.57 bits per heavy atom. The molecule has 0 unspecified atom stereocenters. The fraction of sp³-hybridized carbons (Fsp3) is 0.154. The lowest BCUT2D eigenvalue weighted by atomic mass is 9.78. The van der Waals surface area contributed by atoms with Gasteiger partial charge in [0.2, 0.25) is 11.8 Å². The van der Waals surface area contributed by atoms with Gasteiger partial charge in [0.15, 0.2) is 0 Å². The van der Waals surface area contributed by atoms with Crippen molar-refractivity contribution in [2.45, 2.75) is 5.92 Å². The monoisotopic (exact) mass is 505 g/mol. The second-order valence-electron chi connectivity index (χ2n) is 7.71. The Morgan fingerprint density at radius 2 is 1.83 bits per heavy atom. The van der Waals surface area contributed by atoms with Crippen molar-refractivity contribution in [3.63, 3.8) is 0 Å². The predicted octanol–water partition coefficient (Wildman–Crippen LogP) is 4.60. The molecule has 35 heavy (non-hydrogen) atoms. The van der Waals surface area contributed by atoms with E-state index in [1.165, 1.54) is 7.11 Å². The number of rotatable bonds is 6. The summed E-state index contributed by atoms with van der Waals surface area (Å²) in [6, 6.07) is 22.1. The van der Waals surface area contributed by atoms with Crippen LogP contribution in [0.25, 0.3) is 10.8 Å². The number of methoxy groups -OCH3 is 1. The van der Waals surface area contributed by atoms with Gasteiger partial charge in [-0.1, -0.05) is 78.0 Å². The molecule has 3 aromatic carbocycles. The van der Waals surface area contributed by atoms with Crippen molar-refractivity contribution in [3.8, 4) is 6.07 Å². The van der Waals surface area contributed by atoms with Crippen LogP contribution in [-0.4, -0.2) is 30.6 Å². The largest absolute Gasteiger partial charge is 0.468 e. The molecule has 2 N–H and O–H groups in total. The number of allylic oxidation sites excluding steroid dienone is 1. The second kappa shape index (κ2) is 10.6. The van der Waals surface area contributed by atoms with Crippen LogP contribution < -0.4 is 10.6 Å². The fourth-order valence-corrected chi connectivity index (χ4v) is 5.14. The van der Waals surface area contributed by atoms with Crippen LogP contribution in [-0.2, 0) is 19.1 Å². The fourth-order valence-electron chi connectivity index (χ4n) is 4.04. The minimum Gasteiger partial charge on any atom is -0.468 e. The summed E-state index contributed by atoms with van der Waals surface area (Å²) in [6.07, 6.45) is 0. The number of halogens is 1. The van der Waals surface area contributed by atoms with E-state index >= 15 is 0 Å². The van der Waals surface area contributed by atoms with Crippen molar-refractivity contribution in [1.29, 1.82) is 5.26 Å². The number of benzene rings is 3. The Bertz CT molecular complexity index is 1390. The molecule has 0 saturated heterocycles. The van der Waals surface area contributed by atoms with E-state index < -0.39 is 23.7 Å². The minimum atomic E-state index is -1.29. The van der Waals surface area contributed by atoms with E-state index in [0.717, 1.165) is 22.5 Å². The number of fused-ring (bicyclic) bond motifs is 1. The van der Waals surface area contributed by atoms with Crippen molar-refractivity contribution in [1.82, 2.24) is 5.32 Å². The molecule has 9 heteroatoms. The maximum Gasteiger partial charge on any atom is 0.319 e. The lowest BCUT2D eigenvalue weighted by Crippen LogP contribution is -2.44. The molecule has 1 aliphatic heterocycles. The van der Waals surface area contributed by atoms with Gasteiger partial charge >= 0.3 is 5.97 Å². The van der Waals surface area contributed by atoms with Crippen LogP contribution in [0.4, 0.5) is 5.69 Å². The predicted molar refractivity (Wildman–Crippen MR) is 136 cm³/mol. The van der Waals surface area contributed by atoms with Gasteiger partial charge < -0.3 is 15.4 Å². The van der Waals surface area contributed by atoms with Crippen LogP contribution in [0.3, 0.4) is 0 Å². The highest BCUT2D eigenvalue weighted by Gasteiger charge is 2.45. The van der Waals surface area contributed by atoms with Gasteiger partial charge in [-0.25, -0.2) is 0 Å². The summed E-state index contributed by atoms with van der Waals surface area (Å²) in [5.41, 5.74) is 1.25. The van der Waals surface area contributed by atoms with E-state index in [9.17, 15) is 19.6 Å². The van der Waals surface area contributed by atoms with Crippen LogP contribution in [0.1, 0.15) is 11.5 Å². The standard InChI is InChI=1S/C26H20ClN3O4S/c1-34-26(33)23-22(17-10-4-5-11-19(17)27)18(13-28)25(30-24(23)32)35-14-21(31)29-20-12-6-8-15-7-2-3-9-16(15)20/h2-12,22-23H,14H2,1H3,(H,29,31)(H,30,32)/t22-,23-/m0/s1. The number of hydrogen-bond acceptors (Lipinski definition) is 6. The zero-order chi connectivity index (χ0) is 24.9. The lowest BCUT2D eigenvalue weighted by molar-refractivity contribution is -0.150. The van der Waals surface area contributed by atoms with Gasteiger partial charge in [-0.05, 0) is 23.1 Å². The first kappa shape index (κ1) is 24.3. The number of ether oxygens (including phenoxy) is 1. The minimum absolute atomic E-state index is 0.0673. The SMILES string of the molecule is COC(=O)[C@@H]1C(=O)NC(SCC(=O)Nc2cccc3ccccc23)=C(C#N)[C@@H]1c1ccccc1Cl. The Kier molecular flexibility index (Phi) is 7.39. The van der Waals surface area contributed by atoms with Crippen molar-refractivity contribution < 1.29 is 19.1 Å². The normalized spacial score (nSPS) is 17.5. The summed E-state index contributed by atoms with van der Waals surface area (Å²) >= 11 is 7.38. The van der Waals surface area contributed by atoms with Gasteiger partial charge in [0, 0.05) is 22.0 Å². The van der Waals surface area contributed by atoms with Crippen molar-refractivity contribution in [2.24, 2.45) is 5.92 Å². The first-order valence-electron chi connectivity index (χ1n) is 10.6. The Balaban J connectivity index is 1.62. The van der Waals surface area contributed by atoms with Gasteiger partial charge in [-0.15, -0.1) is 0 Å². The Hall–Kier alpha value is -3.80. The van der Waals surface area contributed by atoms with Gasteiger partial charge in [-0.3, -0.25) is 14.4 Å². The van der Waals surface area contributed by atoms with Crippen molar-refractivity contribution in [3.05, 3.63) is 87.9 Å². The number of thioether (sulfide) groups is 1. The molecule has 176 valence electrons. The van der Waals surface area contributed by atoms with Crippen LogP contribution in [0.5, 0.6) is 0 Å². The molecule has 0 aliphatic carbocycles. The molecule has 1 heterocycles. The molecular weight excluding hydrogens is 486 g/mol. The average Bonchev–Trinajstić information content (AvgIpc) is 2.87. The maximum absolute atomic E-state index is 12.9. The van der Waals surface area contributed by atoms with Gasteiger partial charge in [0.1, 0.15) is 5.92 Å². The molecule has 7 nitrogen and oxygen atoms in total. The molecule has 2 atom stereocenters. The maximum atomic E-state index is 12.9. The van der Waals surface area contributed by atoms with Crippen LogP contribution >= 0.6 is 23.4 Å². The quantitative estimate of drug-likeness (QED) is 0.374. The number of carbonyl (C=O) groups is 3. The first-order chi connectivity index (χ1) is 16.9. The second-order valence-corrected chi connectivity index (χ2v) is 9.10. The molecule has 0 bridgehead atoms. The molecule has 0 aromatic heterocycles. The number of esters is 1. The molecule has 3 aromatic rings. The molecule has 0 fully saturated rings. The summed E-state index contributed by atoms with van der Waals surface area (Å²) in [7, 11) is 1.18. The van der Waals surface area contributed by atoms with Crippen LogP contribution in [0.2, 0.25) is 5.02 Å². The van der Waals surface area contributed by atoms with E-state index in [4.69, 9.17) is 16.3 Å². The summed E-state index contributed by atoms with van der Waals surface area (Å²) in [5.74, 6) is -4.02. The van der Waals surface area contributed by atoms with E-state index in [1.54, 1.807) is 24.3 Å². The van der Waals surface area contributed by atoms with E-state index in [1.807, 2.05) is 42.5 Å². The van der Waals surface area contributed by atoms with Crippen molar-refractivity contribution >= 4 is 57.6 Å². The summed E-state index contributed by atoms with van der Waals surface area (Å²) in [6.45, 7) is 0. The van der Waals surface area contributed by atoms with Gasteiger partial charge in [-0.2, -0.15) is 5.26 Å². The number of nitriles is 1. The molecule has 0 radical (unpaired) electrons.